The van der Waals surface area contributed by atoms with E-state index in [-0.39, 0.29) is 30.7 Å². The molecule has 0 radical (unpaired) electrons. The summed E-state index contributed by atoms with van der Waals surface area (Å²) in [5.74, 6) is -0.710. The van der Waals surface area contributed by atoms with Crippen LogP contribution in [-0.4, -0.2) is 61.3 Å². The highest BCUT2D eigenvalue weighted by Gasteiger charge is 2.37. The van der Waals surface area contributed by atoms with E-state index in [4.69, 9.17) is 0 Å². The van der Waals surface area contributed by atoms with Crippen molar-refractivity contribution in [1.82, 2.24) is 9.80 Å². The zero-order valence-electron chi connectivity index (χ0n) is 14.9. The van der Waals surface area contributed by atoms with Gasteiger partial charge in [0.05, 0.1) is 12.5 Å². The number of benzene rings is 1. The fourth-order valence-electron chi connectivity index (χ4n) is 2.87. The molecular weight excluding hydrogens is 386 g/mol. The topological polar surface area (TPSA) is 60.9 Å². The van der Waals surface area contributed by atoms with E-state index in [1.54, 1.807) is 23.9 Å². The number of anilines is 1. The van der Waals surface area contributed by atoms with Crippen LogP contribution in [0.5, 0.6) is 0 Å². The highest BCUT2D eigenvalue weighted by molar-refractivity contribution is 9.10. The molecular formula is C18H24BrN3O3. The summed E-state index contributed by atoms with van der Waals surface area (Å²) < 4.78 is 0.886. The van der Waals surface area contributed by atoms with Gasteiger partial charge in [0.2, 0.25) is 17.7 Å². The van der Waals surface area contributed by atoms with E-state index >= 15 is 0 Å². The van der Waals surface area contributed by atoms with Crippen molar-refractivity contribution in [3.05, 3.63) is 28.7 Å². The summed E-state index contributed by atoms with van der Waals surface area (Å²) in [6.07, 6.45) is 0.949. The van der Waals surface area contributed by atoms with E-state index in [0.717, 1.165) is 16.6 Å². The first kappa shape index (κ1) is 19.4. The van der Waals surface area contributed by atoms with Gasteiger partial charge in [0.15, 0.2) is 0 Å². The Morgan fingerprint density at radius 2 is 2.04 bits per heavy atom. The Bertz CT molecular complexity index is 663. The molecule has 1 saturated heterocycles. The van der Waals surface area contributed by atoms with Crippen molar-refractivity contribution in [1.29, 1.82) is 0 Å². The normalized spacial score (nSPS) is 16.9. The molecule has 0 aromatic heterocycles. The van der Waals surface area contributed by atoms with Gasteiger partial charge < -0.3 is 14.7 Å². The number of hydrogen-bond donors (Lipinski definition) is 0. The van der Waals surface area contributed by atoms with Crippen molar-refractivity contribution < 1.29 is 14.4 Å². The lowest BCUT2D eigenvalue weighted by Crippen LogP contribution is -2.44. The van der Waals surface area contributed by atoms with E-state index in [0.29, 0.717) is 13.1 Å². The molecule has 0 aliphatic carbocycles. The first-order valence-corrected chi connectivity index (χ1v) is 9.17. The smallest absolute Gasteiger partial charge is 0.241 e. The maximum absolute atomic E-state index is 12.8. The monoisotopic (exact) mass is 409 g/mol. The zero-order valence-corrected chi connectivity index (χ0v) is 16.5. The van der Waals surface area contributed by atoms with Gasteiger partial charge in [-0.2, -0.15) is 0 Å². The van der Waals surface area contributed by atoms with Crippen LogP contribution in [0.1, 0.15) is 19.8 Å². The van der Waals surface area contributed by atoms with Gasteiger partial charge >= 0.3 is 0 Å². The molecule has 136 valence electrons. The summed E-state index contributed by atoms with van der Waals surface area (Å²) in [5, 5.41) is 0. The molecule has 0 spiro atoms. The molecule has 6 nitrogen and oxygen atoms in total. The van der Waals surface area contributed by atoms with Crippen molar-refractivity contribution in [2.45, 2.75) is 19.8 Å². The first-order chi connectivity index (χ1) is 11.8. The predicted octanol–water partition coefficient (Wildman–Crippen LogP) is 2.13. The molecule has 7 heteroatoms. The molecule has 1 fully saturated rings. The standard InChI is InChI=1S/C18H24BrN3O3/c1-4-8-21(12-17(24)20(2)3)18(25)13-9-16(23)22(11-13)15-7-5-6-14(19)10-15/h5-7,10,13H,4,8-9,11-12H2,1-3H3. The van der Waals surface area contributed by atoms with Gasteiger partial charge in [-0.1, -0.05) is 28.9 Å². The quantitative estimate of drug-likeness (QED) is 0.722. The minimum atomic E-state index is -0.409. The Balaban J connectivity index is 2.10. The maximum Gasteiger partial charge on any atom is 0.241 e. The van der Waals surface area contributed by atoms with E-state index in [1.165, 1.54) is 4.90 Å². The number of likely N-dealkylation sites (N-methyl/N-ethyl adjacent to an activating group) is 1. The molecule has 1 heterocycles. The fourth-order valence-corrected chi connectivity index (χ4v) is 3.25. The van der Waals surface area contributed by atoms with E-state index < -0.39 is 5.92 Å². The Morgan fingerprint density at radius 3 is 2.64 bits per heavy atom. The van der Waals surface area contributed by atoms with Crippen molar-refractivity contribution in [3.8, 4) is 0 Å². The summed E-state index contributed by atoms with van der Waals surface area (Å²) in [6.45, 7) is 2.89. The lowest BCUT2D eigenvalue weighted by molar-refractivity contribution is -0.141. The minimum absolute atomic E-state index is 0.0568. The Hall–Kier alpha value is -1.89. The Labute approximate surface area is 156 Å². The van der Waals surface area contributed by atoms with Crippen LogP contribution < -0.4 is 4.90 Å². The molecule has 1 aromatic carbocycles. The first-order valence-electron chi connectivity index (χ1n) is 8.38. The molecule has 2 rings (SSSR count). The fraction of sp³-hybridized carbons (Fsp3) is 0.500. The largest absolute Gasteiger partial charge is 0.347 e. The summed E-state index contributed by atoms with van der Waals surface area (Å²) in [4.78, 5) is 41.9. The lowest BCUT2D eigenvalue weighted by Gasteiger charge is -2.26. The second-order valence-corrected chi connectivity index (χ2v) is 7.35. The predicted molar refractivity (Wildman–Crippen MR) is 100 cm³/mol. The van der Waals surface area contributed by atoms with Crippen LogP contribution in [0, 0.1) is 5.92 Å². The molecule has 1 atom stereocenters. The van der Waals surface area contributed by atoms with Crippen LogP contribution in [0.15, 0.2) is 28.7 Å². The van der Waals surface area contributed by atoms with Crippen molar-refractivity contribution >= 4 is 39.3 Å². The van der Waals surface area contributed by atoms with Gasteiger partial charge in [0.1, 0.15) is 0 Å². The third kappa shape index (κ3) is 4.81. The molecule has 1 aromatic rings. The summed E-state index contributed by atoms with van der Waals surface area (Å²) in [6, 6.07) is 7.47. The Kier molecular flexibility index (Phi) is 6.58. The van der Waals surface area contributed by atoms with Crippen molar-refractivity contribution in [3.63, 3.8) is 0 Å². The molecule has 1 unspecified atom stereocenters. The molecule has 0 bridgehead atoms. The van der Waals surface area contributed by atoms with E-state index in [1.807, 2.05) is 31.2 Å². The highest BCUT2D eigenvalue weighted by atomic mass is 79.9. The summed E-state index contributed by atoms with van der Waals surface area (Å²) >= 11 is 3.40. The molecule has 25 heavy (non-hydrogen) atoms. The Morgan fingerprint density at radius 1 is 1.32 bits per heavy atom. The van der Waals surface area contributed by atoms with Gasteiger partial charge in [-0.25, -0.2) is 0 Å². The van der Waals surface area contributed by atoms with Crippen LogP contribution in [0.2, 0.25) is 0 Å². The van der Waals surface area contributed by atoms with Crippen LogP contribution in [0.3, 0.4) is 0 Å². The minimum Gasteiger partial charge on any atom is -0.347 e. The van der Waals surface area contributed by atoms with Gasteiger partial charge in [-0.05, 0) is 24.6 Å². The van der Waals surface area contributed by atoms with E-state index in [2.05, 4.69) is 15.9 Å². The SMILES string of the molecule is CCCN(CC(=O)N(C)C)C(=O)C1CC(=O)N(c2cccc(Br)c2)C1. The lowest BCUT2D eigenvalue weighted by atomic mass is 10.1. The number of carbonyl (C=O) groups is 3. The number of halogens is 1. The average molecular weight is 410 g/mol. The number of nitrogens with zero attached hydrogens (tertiary/aromatic N) is 3. The molecule has 1 aliphatic heterocycles. The van der Waals surface area contributed by atoms with Crippen LogP contribution in [0.25, 0.3) is 0 Å². The second kappa shape index (κ2) is 8.47. The summed E-state index contributed by atoms with van der Waals surface area (Å²) in [5.41, 5.74) is 0.779. The molecule has 3 amide bonds. The molecule has 0 N–H and O–H groups in total. The van der Waals surface area contributed by atoms with Gasteiger partial charge in [0, 0.05) is 43.8 Å². The van der Waals surface area contributed by atoms with Crippen LogP contribution in [0.4, 0.5) is 5.69 Å². The van der Waals surface area contributed by atoms with Crippen LogP contribution in [-0.2, 0) is 14.4 Å². The second-order valence-electron chi connectivity index (χ2n) is 6.43. The summed E-state index contributed by atoms with van der Waals surface area (Å²) in [7, 11) is 3.34. The van der Waals surface area contributed by atoms with E-state index in [9.17, 15) is 14.4 Å². The zero-order chi connectivity index (χ0) is 18.6. The average Bonchev–Trinajstić information content (AvgIpc) is 2.95. The third-order valence-corrected chi connectivity index (χ3v) is 4.72. The van der Waals surface area contributed by atoms with Crippen molar-refractivity contribution in [2.75, 3.05) is 38.6 Å². The maximum atomic E-state index is 12.8. The molecule has 0 saturated carbocycles. The third-order valence-electron chi connectivity index (χ3n) is 4.22. The highest BCUT2D eigenvalue weighted by Crippen LogP contribution is 2.28. The van der Waals surface area contributed by atoms with Crippen molar-refractivity contribution in [2.24, 2.45) is 5.92 Å². The number of hydrogen-bond acceptors (Lipinski definition) is 3. The van der Waals surface area contributed by atoms with Crippen LogP contribution >= 0.6 is 15.9 Å². The number of amides is 3. The van der Waals surface area contributed by atoms with Gasteiger partial charge in [0.25, 0.3) is 0 Å². The van der Waals surface area contributed by atoms with Gasteiger partial charge in [-0.3, -0.25) is 14.4 Å². The number of rotatable bonds is 6. The van der Waals surface area contributed by atoms with Gasteiger partial charge in [-0.15, -0.1) is 0 Å². The number of carbonyl (C=O) groups excluding carboxylic acids is 3. The molecule has 1 aliphatic rings.